The van der Waals surface area contributed by atoms with E-state index in [2.05, 4.69) is 20.6 Å². The Morgan fingerprint density at radius 3 is 2.61 bits per heavy atom. The maximum atomic E-state index is 11.7. The Morgan fingerprint density at radius 1 is 1.11 bits per heavy atom. The zero-order chi connectivity index (χ0) is 26.1. The first kappa shape index (κ1) is 26.2. The van der Waals surface area contributed by atoms with Gasteiger partial charge in [0.15, 0.2) is 0 Å². The van der Waals surface area contributed by atoms with Gasteiger partial charge in [-0.15, -0.1) is 0 Å². The van der Waals surface area contributed by atoms with Crippen LogP contribution in [-0.2, 0) is 4.74 Å². The number of hydrogen-bond acceptors (Lipinski definition) is 9. The fraction of sp³-hybridized carbons (Fsp3) is 0.320. The number of anilines is 2. The van der Waals surface area contributed by atoms with Gasteiger partial charge in [-0.3, -0.25) is 10.1 Å². The summed E-state index contributed by atoms with van der Waals surface area (Å²) >= 11 is 0. The molecular formula is C25H29N5O6. The Hall–Kier alpha value is -4.41. The summed E-state index contributed by atoms with van der Waals surface area (Å²) in [4.78, 5) is 30.9. The van der Waals surface area contributed by atoms with Crippen LogP contribution in [0.5, 0.6) is 17.4 Å². The standard InChI is InChI=1S/C25H29N5O6/c1-17-16-27-23(29-22(17)35-21-11-6-9-19(15-21)30(32)33)28-18-8-5-10-20(14-18)34-13-7-12-26-24(31)36-25(2,3)4/h5-6,8-11,14-16H,7,12-13H2,1-4H3,(H,26,31)(H,27,28,29). The van der Waals surface area contributed by atoms with Crippen LogP contribution in [0.2, 0.25) is 0 Å². The largest absolute Gasteiger partial charge is 0.493 e. The molecule has 0 aliphatic carbocycles. The third kappa shape index (κ3) is 8.42. The number of amides is 1. The number of aryl methyl sites for hydroxylation is 1. The summed E-state index contributed by atoms with van der Waals surface area (Å²) in [6.45, 7) is 8.04. The van der Waals surface area contributed by atoms with Crippen molar-refractivity contribution in [2.45, 2.75) is 39.7 Å². The van der Waals surface area contributed by atoms with E-state index in [1.807, 2.05) is 39.0 Å². The molecule has 3 rings (SSSR count). The highest BCUT2D eigenvalue weighted by atomic mass is 16.6. The molecule has 11 heteroatoms. The summed E-state index contributed by atoms with van der Waals surface area (Å²) in [7, 11) is 0. The minimum Gasteiger partial charge on any atom is -0.493 e. The van der Waals surface area contributed by atoms with Crippen LogP contribution in [0.4, 0.5) is 22.1 Å². The number of carbonyl (C=O) groups excluding carboxylic acids is 1. The van der Waals surface area contributed by atoms with Gasteiger partial charge in [0, 0.05) is 36.1 Å². The Morgan fingerprint density at radius 2 is 1.86 bits per heavy atom. The number of aromatic nitrogens is 2. The van der Waals surface area contributed by atoms with Gasteiger partial charge in [0.25, 0.3) is 5.69 Å². The molecule has 0 aliphatic heterocycles. The van der Waals surface area contributed by atoms with Crippen LogP contribution in [0.15, 0.2) is 54.7 Å². The van der Waals surface area contributed by atoms with E-state index in [9.17, 15) is 14.9 Å². The molecule has 0 fully saturated rings. The summed E-state index contributed by atoms with van der Waals surface area (Å²) in [6, 6.07) is 13.2. The van der Waals surface area contributed by atoms with Gasteiger partial charge in [-0.05, 0) is 52.3 Å². The molecule has 0 radical (unpaired) electrons. The van der Waals surface area contributed by atoms with E-state index in [0.717, 1.165) is 0 Å². The average molecular weight is 496 g/mol. The monoisotopic (exact) mass is 495 g/mol. The number of carbonyl (C=O) groups is 1. The van der Waals surface area contributed by atoms with Gasteiger partial charge in [-0.25, -0.2) is 9.78 Å². The average Bonchev–Trinajstić information content (AvgIpc) is 2.80. The molecule has 190 valence electrons. The highest BCUT2D eigenvalue weighted by molar-refractivity contribution is 5.67. The van der Waals surface area contributed by atoms with Crippen molar-refractivity contribution in [1.82, 2.24) is 15.3 Å². The van der Waals surface area contributed by atoms with Crippen molar-refractivity contribution in [3.05, 3.63) is 70.4 Å². The lowest BCUT2D eigenvalue weighted by Gasteiger charge is -2.19. The summed E-state index contributed by atoms with van der Waals surface area (Å²) in [6.07, 6.45) is 1.75. The van der Waals surface area contributed by atoms with Crippen molar-refractivity contribution in [2.75, 3.05) is 18.5 Å². The van der Waals surface area contributed by atoms with E-state index in [-0.39, 0.29) is 11.6 Å². The minimum absolute atomic E-state index is 0.0741. The fourth-order valence-electron chi connectivity index (χ4n) is 2.92. The second kappa shape index (κ2) is 11.8. The third-order valence-electron chi connectivity index (χ3n) is 4.52. The second-order valence-corrected chi connectivity index (χ2v) is 8.82. The van der Waals surface area contributed by atoms with Gasteiger partial charge in [-0.1, -0.05) is 12.1 Å². The minimum atomic E-state index is -0.537. The smallest absolute Gasteiger partial charge is 0.407 e. The number of ether oxygens (including phenoxy) is 3. The number of alkyl carbamates (subject to hydrolysis) is 1. The van der Waals surface area contributed by atoms with Crippen molar-refractivity contribution in [3.63, 3.8) is 0 Å². The number of nitrogens with one attached hydrogen (secondary N) is 2. The van der Waals surface area contributed by atoms with Crippen molar-refractivity contribution < 1.29 is 23.9 Å². The van der Waals surface area contributed by atoms with Crippen LogP contribution in [0.3, 0.4) is 0 Å². The first-order valence-corrected chi connectivity index (χ1v) is 11.3. The van der Waals surface area contributed by atoms with E-state index in [1.165, 1.54) is 12.1 Å². The maximum absolute atomic E-state index is 11.7. The van der Waals surface area contributed by atoms with E-state index < -0.39 is 16.6 Å². The van der Waals surface area contributed by atoms with E-state index >= 15 is 0 Å². The van der Waals surface area contributed by atoms with Gasteiger partial charge in [0.2, 0.25) is 11.8 Å². The molecule has 0 atom stereocenters. The Balaban J connectivity index is 1.55. The Labute approximate surface area is 209 Å². The molecule has 0 unspecified atom stereocenters. The van der Waals surface area contributed by atoms with E-state index in [4.69, 9.17) is 14.2 Å². The van der Waals surface area contributed by atoms with Gasteiger partial charge in [0.1, 0.15) is 17.1 Å². The molecule has 1 heterocycles. The SMILES string of the molecule is Cc1cnc(Nc2cccc(OCCCNC(=O)OC(C)(C)C)c2)nc1Oc1cccc([N+](=O)[O-])c1. The normalized spacial score (nSPS) is 10.9. The van der Waals surface area contributed by atoms with Crippen molar-refractivity contribution in [1.29, 1.82) is 0 Å². The van der Waals surface area contributed by atoms with Crippen LogP contribution in [0, 0.1) is 17.0 Å². The Kier molecular flexibility index (Phi) is 8.61. The van der Waals surface area contributed by atoms with Crippen LogP contribution >= 0.6 is 0 Å². The lowest BCUT2D eigenvalue weighted by Crippen LogP contribution is -2.33. The summed E-state index contributed by atoms with van der Waals surface area (Å²) in [5.41, 5.74) is 0.758. The number of non-ortho nitro benzene ring substituents is 1. The van der Waals surface area contributed by atoms with Crippen LogP contribution in [0.1, 0.15) is 32.8 Å². The lowest BCUT2D eigenvalue weighted by atomic mass is 10.2. The number of rotatable bonds is 10. The molecule has 1 aromatic heterocycles. The molecule has 0 saturated carbocycles. The van der Waals surface area contributed by atoms with Crippen molar-refractivity contribution in [3.8, 4) is 17.4 Å². The number of benzene rings is 2. The topological polar surface area (TPSA) is 138 Å². The first-order valence-electron chi connectivity index (χ1n) is 11.3. The highest BCUT2D eigenvalue weighted by Crippen LogP contribution is 2.27. The van der Waals surface area contributed by atoms with E-state index in [1.54, 1.807) is 31.3 Å². The molecule has 3 aromatic rings. The lowest BCUT2D eigenvalue weighted by molar-refractivity contribution is -0.384. The molecule has 0 aliphatic rings. The van der Waals surface area contributed by atoms with Crippen LogP contribution < -0.4 is 20.1 Å². The Bertz CT molecular complexity index is 1210. The molecule has 2 N–H and O–H groups in total. The van der Waals surface area contributed by atoms with Crippen LogP contribution in [0.25, 0.3) is 0 Å². The molecular weight excluding hydrogens is 466 g/mol. The highest BCUT2D eigenvalue weighted by Gasteiger charge is 2.15. The summed E-state index contributed by atoms with van der Waals surface area (Å²) in [5, 5.41) is 16.8. The molecule has 11 nitrogen and oxygen atoms in total. The quantitative estimate of drug-likeness (QED) is 0.211. The van der Waals surface area contributed by atoms with Crippen molar-refractivity contribution >= 4 is 23.4 Å². The van der Waals surface area contributed by atoms with Gasteiger partial charge < -0.3 is 24.8 Å². The molecule has 0 bridgehead atoms. The summed E-state index contributed by atoms with van der Waals surface area (Å²) < 4.78 is 16.7. The predicted molar refractivity (Wildman–Crippen MR) is 134 cm³/mol. The van der Waals surface area contributed by atoms with Gasteiger partial charge in [-0.2, -0.15) is 4.98 Å². The van der Waals surface area contributed by atoms with Crippen molar-refractivity contribution in [2.24, 2.45) is 0 Å². The molecule has 0 saturated heterocycles. The fourth-order valence-corrected chi connectivity index (χ4v) is 2.92. The molecule has 0 spiro atoms. The van der Waals surface area contributed by atoms with E-state index in [0.29, 0.717) is 48.3 Å². The third-order valence-corrected chi connectivity index (χ3v) is 4.52. The summed E-state index contributed by atoms with van der Waals surface area (Å²) in [5.74, 6) is 1.50. The maximum Gasteiger partial charge on any atom is 0.407 e. The molecule has 36 heavy (non-hydrogen) atoms. The molecule has 2 aromatic carbocycles. The number of nitro benzene ring substituents is 1. The first-order chi connectivity index (χ1) is 17.1. The van der Waals surface area contributed by atoms with Gasteiger partial charge >= 0.3 is 6.09 Å². The van der Waals surface area contributed by atoms with Gasteiger partial charge in [0.05, 0.1) is 17.6 Å². The zero-order valence-electron chi connectivity index (χ0n) is 20.6. The molecule has 1 amide bonds. The number of nitro groups is 1. The predicted octanol–water partition coefficient (Wildman–Crippen LogP) is 5.52. The van der Waals surface area contributed by atoms with Crippen LogP contribution in [-0.4, -0.2) is 39.7 Å². The number of hydrogen-bond donors (Lipinski definition) is 2. The number of nitrogens with zero attached hydrogens (tertiary/aromatic N) is 3. The second-order valence-electron chi connectivity index (χ2n) is 8.82. The zero-order valence-corrected chi connectivity index (χ0v) is 20.6.